The quantitative estimate of drug-likeness (QED) is 0.566. The Morgan fingerprint density at radius 3 is 2.75 bits per heavy atom. The van der Waals surface area contributed by atoms with Crippen molar-refractivity contribution in [2.24, 2.45) is 0 Å². The zero-order chi connectivity index (χ0) is 8.81. The van der Waals surface area contributed by atoms with Crippen molar-refractivity contribution in [2.75, 3.05) is 13.1 Å². The molecule has 1 aliphatic carbocycles. The molecule has 0 aliphatic heterocycles. The van der Waals surface area contributed by atoms with Crippen LogP contribution in [0.15, 0.2) is 0 Å². The summed E-state index contributed by atoms with van der Waals surface area (Å²) >= 11 is 0. The van der Waals surface area contributed by atoms with E-state index in [1.54, 1.807) is 0 Å². The molecule has 1 rings (SSSR count). The summed E-state index contributed by atoms with van der Waals surface area (Å²) in [5.74, 6) is 0. The van der Waals surface area contributed by atoms with E-state index in [9.17, 15) is 0 Å². The largest absolute Gasteiger partial charge is 0.315 e. The van der Waals surface area contributed by atoms with Crippen LogP contribution in [0.3, 0.4) is 0 Å². The Morgan fingerprint density at radius 1 is 1.42 bits per heavy atom. The first-order chi connectivity index (χ1) is 5.83. The van der Waals surface area contributed by atoms with E-state index < -0.39 is 0 Å². The van der Waals surface area contributed by atoms with Crippen LogP contribution in [0.2, 0.25) is 0 Å². The summed E-state index contributed by atoms with van der Waals surface area (Å²) in [6.07, 6.45) is 5.37. The van der Waals surface area contributed by atoms with Crippen LogP contribution in [0.5, 0.6) is 0 Å². The molecule has 2 N–H and O–H groups in total. The van der Waals surface area contributed by atoms with E-state index in [4.69, 9.17) is 0 Å². The highest BCUT2D eigenvalue weighted by Gasteiger charge is 2.22. The summed E-state index contributed by atoms with van der Waals surface area (Å²) in [7, 11) is 0. The number of nitrogens with one attached hydrogen (secondary N) is 2. The lowest BCUT2D eigenvalue weighted by atomic mass is 10.3. The van der Waals surface area contributed by atoms with Gasteiger partial charge in [0.2, 0.25) is 0 Å². The normalized spacial score (nSPS) is 19.5. The molecule has 1 fully saturated rings. The minimum Gasteiger partial charge on any atom is -0.315 e. The molecular formula is C10H22N2. The third kappa shape index (κ3) is 4.73. The van der Waals surface area contributed by atoms with Crippen LogP contribution >= 0.6 is 0 Å². The maximum atomic E-state index is 3.57. The lowest BCUT2D eigenvalue weighted by molar-refractivity contribution is 0.495. The molecule has 2 nitrogen and oxygen atoms in total. The van der Waals surface area contributed by atoms with Crippen molar-refractivity contribution >= 4 is 0 Å². The van der Waals surface area contributed by atoms with Crippen LogP contribution < -0.4 is 10.6 Å². The van der Waals surface area contributed by atoms with Crippen LogP contribution in [0.25, 0.3) is 0 Å². The van der Waals surface area contributed by atoms with Gasteiger partial charge in [0, 0.05) is 18.6 Å². The lowest BCUT2D eigenvalue weighted by Crippen LogP contribution is -2.37. The van der Waals surface area contributed by atoms with Crippen LogP contribution in [0.1, 0.15) is 39.5 Å². The molecule has 0 aromatic heterocycles. The predicted molar refractivity (Wildman–Crippen MR) is 53.4 cm³/mol. The van der Waals surface area contributed by atoms with Gasteiger partial charge < -0.3 is 10.6 Å². The van der Waals surface area contributed by atoms with Gasteiger partial charge in [0.15, 0.2) is 0 Å². The minimum absolute atomic E-state index is 0.648. The molecular weight excluding hydrogens is 148 g/mol. The molecule has 0 radical (unpaired) electrons. The molecule has 0 heterocycles. The van der Waals surface area contributed by atoms with Crippen LogP contribution in [0, 0.1) is 0 Å². The monoisotopic (exact) mass is 170 g/mol. The first kappa shape index (κ1) is 10.0. The first-order valence-corrected chi connectivity index (χ1v) is 5.29. The Hall–Kier alpha value is -0.0800. The van der Waals surface area contributed by atoms with E-state index in [1.807, 2.05) is 0 Å². The second-order valence-electron chi connectivity index (χ2n) is 3.90. The third-order valence-corrected chi connectivity index (χ3v) is 2.26. The maximum absolute atomic E-state index is 3.57. The Kier molecular flexibility index (Phi) is 4.62. The number of hydrogen-bond donors (Lipinski definition) is 2. The summed E-state index contributed by atoms with van der Waals surface area (Å²) in [5, 5.41) is 7.02. The average Bonchev–Trinajstić information content (AvgIpc) is 2.82. The van der Waals surface area contributed by atoms with Gasteiger partial charge >= 0.3 is 0 Å². The van der Waals surface area contributed by atoms with E-state index in [-0.39, 0.29) is 0 Å². The molecule has 0 bridgehead atoms. The first-order valence-electron chi connectivity index (χ1n) is 5.29. The van der Waals surface area contributed by atoms with E-state index >= 15 is 0 Å². The summed E-state index contributed by atoms with van der Waals surface area (Å²) in [6, 6.07) is 1.49. The van der Waals surface area contributed by atoms with Gasteiger partial charge in [-0.3, -0.25) is 0 Å². The third-order valence-electron chi connectivity index (χ3n) is 2.26. The zero-order valence-electron chi connectivity index (χ0n) is 8.40. The van der Waals surface area contributed by atoms with Crippen molar-refractivity contribution in [1.82, 2.24) is 10.6 Å². The Balaban J connectivity index is 1.83. The highest BCUT2D eigenvalue weighted by Crippen LogP contribution is 2.18. The van der Waals surface area contributed by atoms with Crippen molar-refractivity contribution in [1.29, 1.82) is 0 Å². The second kappa shape index (κ2) is 5.55. The predicted octanol–water partition coefficient (Wildman–Crippen LogP) is 1.52. The van der Waals surface area contributed by atoms with Crippen molar-refractivity contribution in [3.05, 3.63) is 0 Å². The molecule has 1 unspecified atom stereocenters. The molecule has 1 saturated carbocycles. The molecule has 72 valence electrons. The van der Waals surface area contributed by atoms with Crippen molar-refractivity contribution in [3.63, 3.8) is 0 Å². The molecule has 0 spiro atoms. The molecule has 0 saturated heterocycles. The van der Waals surface area contributed by atoms with Crippen LogP contribution in [-0.2, 0) is 0 Å². The number of hydrogen-bond acceptors (Lipinski definition) is 2. The molecule has 2 heteroatoms. The highest BCUT2D eigenvalue weighted by molar-refractivity contribution is 4.83. The number of unbranched alkanes of at least 4 members (excludes halogenated alkanes) is 1. The Labute approximate surface area is 76.1 Å². The molecule has 1 aliphatic rings. The highest BCUT2D eigenvalue weighted by atomic mass is 15.0. The standard InChI is InChI=1S/C10H22N2/c1-3-4-7-11-8-9(2)12-10-5-6-10/h9-12H,3-8H2,1-2H3. The van der Waals surface area contributed by atoms with Gasteiger partial charge in [-0.1, -0.05) is 13.3 Å². The second-order valence-corrected chi connectivity index (χ2v) is 3.90. The van der Waals surface area contributed by atoms with Gasteiger partial charge in [-0.15, -0.1) is 0 Å². The SMILES string of the molecule is CCCCNCC(C)NC1CC1. The lowest BCUT2D eigenvalue weighted by Gasteiger charge is -2.13. The summed E-state index contributed by atoms with van der Waals surface area (Å²) in [5.41, 5.74) is 0. The van der Waals surface area contributed by atoms with E-state index in [0.29, 0.717) is 6.04 Å². The van der Waals surface area contributed by atoms with Crippen LogP contribution in [0.4, 0.5) is 0 Å². The van der Waals surface area contributed by atoms with Crippen molar-refractivity contribution < 1.29 is 0 Å². The molecule has 12 heavy (non-hydrogen) atoms. The molecule has 0 aromatic carbocycles. The fourth-order valence-corrected chi connectivity index (χ4v) is 1.33. The Bertz CT molecular complexity index is 110. The van der Waals surface area contributed by atoms with Gasteiger partial charge in [0.1, 0.15) is 0 Å². The molecule has 1 atom stereocenters. The van der Waals surface area contributed by atoms with Gasteiger partial charge in [-0.2, -0.15) is 0 Å². The summed E-state index contributed by atoms with van der Waals surface area (Å²) in [4.78, 5) is 0. The van der Waals surface area contributed by atoms with E-state index in [1.165, 1.54) is 32.2 Å². The molecule has 0 aromatic rings. The van der Waals surface area contributed by atoms with Gasteiger partial charge in [0.05, 0.1) is 0 Å². The van der Waals surface area contributed by atoms with Gasteiger partial charge in [-0.05, 0) is 32.7 Å². The fraction of sp³-hybridized carbons (Fsp3) is 1.00. The van der Waals surface area contributed by atoms with Crippen LogP contribution in [-0.4, -0.2) is 25.2 Å². The van der Waals surface area contributed by atoms with E-state index in [0.717, 1.165) is 12.6 Å². The van der Waals surface area contributed by atoms with Crippen molar-refractivity contribution in [2.45, 2.75) is 51.6 Å². The minimum atomic E-state index is 0.648. The van der Waals surface area contributed by atoms with Gasteiger partial charge in [-0.25, -0.2) is 0 Å². The smallest absolute Gasteiger partial charge is 0.0166 e. The average molecular weight is 170 g/mol. The van der Waals surface area contributed by atoms with Crippen molar-refractivity contribution in [3.8, 4) is 0 Å². The topological polar surface area (TPSA) is 24.1 Å². The maximum Gasteiger partial charge on any atom is 0.0166 e. The summed E-state index contributed by atoms with van der Waals surface area (Å²) in [6.45, 7) is 6.79. The zero-order valence-corrected chi connectivity index (χ0v) is 8.40. The Morgan fingerprint density at radius 2 is 2.17 bits per heavy atom. The van der Waals surface area contributed by atoms with E-state index in [2.05, 4.69) is 24.5 Å². The molecule has 0 amide bonds. The summed E-state index contributed by atoms with van der Waals surface area (Å²) < 4.78 is 0. The van der Waals surface area contributed by atoms with Gasteiger partial charge in [0.25, 0.3) is 0 Å². The number of rotatable bonds is 7. The fourth-order valence-electron chi connectivity index (χ4n) is 1.33.